The quantitative estimate of drug-likeness (QED) is 0.731. The zero-order chi connectivity index (χ0) is 10.6. The molecule has 80 valence electrons. The van der Waals surface area contributed by atoms with Crippen LogP contribution in [0.25, 0.3) is 0 Å². The van der Waals surface area contributed by atoms with Crippen molar-refractivity contribution < 1.29 is 4.79 Å². The highest BCUT2D eigenvalue weighted by Crippen LogP contribution is 2.76. The Morgan fingerprint density at radius 3 is 3.00 bits per heavy atom. The molecule has 0 aliphatic heterocycles. The van der Waals surface area contributed by atoms with Gasteiger partial charge in [0.2, 0.25) is 5.91 Å². The third-order valence-corrected chi connectivity index (χ3v) is 4.42. The number of carbonyl (C=O) groups excluding carboxylic acids is 1. The van der Waals surface area contributed by atoms with Crippen LogP contribution < -0.4 is 5.32 Å². The van der Waals surface area contributed by atoms with Crippen LogP contribution in [0.5, 0.6) is 0 Å². The van der Waals surface area contributed by atoms with Gasteiger partial charge in [-0.15, -0.1) is 0 Å². The molecule has 0 heterocycles. The van der Waals surface area contributed by atoms with Crippen LogP contribution >= 0.6 is 0 Å². The Kier molecular flexibility index (Phi) is 1.68. The molecule has 2 fully saturated rings. The lowest BCUT2D eigenvalue weighted by Gasteiger charge is -2.34. The zero-order valence-electron chi connectivity index (χ0n) is 9.34. The second kappa shape index (κ2) is 2.75. The van der Waals surface area contributed by atoms with E-state index < -0.39 is 0 Å². The van der Waals surface area contributed by atoms with Crippen molar-refractivity contribution in [2.45, 2.75) is 26.7 Å². The summed E-state index contributed by atoms with van der Waals surface area (Å²) in [6.07, 6.45) is 6.66. The van der Waals surface area contributed by atoms with Gasteiger partial charge in [-0.3, -0.25) is 4.79 Å². The third kappa shape index (κ3) is 1.02. The predicted octanol–water partition coefficient (Wildman–Crippen LogP) is 2.04. The summed E-state index contributed by atoms with van der Waals surface area (Å²) in [7, 11) is 0. The molecule has 3 rings (SSSR count). The Bertz CT molecular complexity index is 393. The molecule has 3 unspecified atom stereocenters. The van der Waals surface area contributed by atoms with Gasteiger partial charge in [-0.25, -0.2) is 0 Å². The van der Waals surface area contributed by atoms with Crippen LogP contribution in [-0.4, -0.2) is 12.5 Å². The first-order chi connectivity index (χ1) is 7.19. The van der Waals surface area contributed by atoms with Crippen LogP contribution in [-0.2, 0) is 4.79 Å². The molecule has 3 aliphatic rings. The summed E-state index contributed by atoms with van der Waals surface area (Å²) in [5.41, 5.74) is 2.80. The average Bonchev–Trinajstić information content (AvgIpc) is 2.80. The Labute approximate surface area is 90.4 Å². The van der Waals surface area contributed by atoms with Crippen LogP contribution in [0.1, 0.15) is 26.7 Å². The number of amides is 1. The van der Waals surface area contributed by atoms with E-state index in [0.717, 1.165) is 24.0 Å². The molecule has 2 saturated carbocycles. The first-order valence-electron chi connectivity index (χ1n) is 5.86. The molecule has 3 aliphatic carbocycles. The monoisotopic (exact) mass is 203 g/mol. The summed E-state index contributed by atoms with van der Waals surface area (Å²) in [6.45, 7) is 4.90. The summed E-state index contributed by atoms with van der Waals surface area (Å²) in [5.74, 6) is 1.71. The lowest BCUT2D eigenvalue weighted by Crippen LogP contribution is -2.35. The number of fused-ring (bicyclic) bond motifs is 2. The van der Waals surface area contributed by atoms with Gasteiger partial charge < -0.3 is 5.32 Å². The molecule has 3 atom stereocenters. The van der Waals surface area contributed by atoms with E-state index in [-0.39, 0.29) is 11.3 Å². The summed E-state index contributed by atoms with van der Waals surface area (Å²) in [6, 6.07) is 0. The van der Waals surface area contributed by atoms with Crippen molar-refractivity contribution in [1.82, 2.24) is 5.32 Å². The smallest absolute Gasteiger partial charge is 0.247 e. The number of rotatable bonds is 2. The molecule has 0 aromatic rings. The number of allylic oxidation sites excluding steroid dienone is 3. The maximum absolute atomic E-state index is 11.9. The number of hydrogen-bond acceptors (Lipinski definition) is 1. The minimum atomic E-state index is 0.157. The van der Waals surface area contributed by atoms with Crippen molar-refractivity contribution in [2.24, 2.45) is 17.3 Å². The summed E-state index contributed by atoms with van der Waals surface area (Å²) in [5, 5.41) is 2.93. The van der Waals surface area contributed by atoms with Gasteiger partial charge in [0.05, 0.1) is 0 Å². The first-order valence-corrected chi connectivity index (χ1v) is 5.86. The van der Waals surface area contributed by atoms with Gasteiger partial charge in [0.15, 0.2) is 0 Å². The highest BCUT2D eigenvalue weighted by molar-refractivity contribution is 5.96. The van der Waals surface area contributed by atoms with Gasteiger partial charge in [0, 0.05) is 17.5 Å². The van der Waals surface area contributed by atoms with Crippen molar-refractivity contribution in [3.63, 3.8) is 0 Å². The molecular formula is C13H17NO. The molecule has 0 saturated heterocycles. The van der Waals surface area contributed by atoms with E-state index in [9.17, 15) is 4.79 Å². The topological polar surface area (TPSA) is 29.1 Å². The summed E-state index contributed by atoms with van der Waals surface area (Å²) < 4.78 is 0. The predicted molar refractivity (Wildman–Crippen MR) is 59.2 cm³/mol. The summed E-state index contributed by atoms with van der Waals surface area (Å²) >= 11 is 0. The molecule has 1 spiro atoms. The lowest BCUT2D eigenvalue weighted by atomic mass is 9.69. The van der Waals surface area contributed by atoms with E-state index in [1.807, 2.05) is 6.92 Å². The normalized spacial score (nSPS) is 40.4. The minimum absolute atomic E-state index is 0.157. The van der Waals surface area contributed by atoms with Crippen molar-refractivity contribution >= 4 is 5.91 Å². The van der Waals surface area contributed by atoms with E-state index in [1.165, 1.54) is 18.4 Å². The van der Waals surface area contributed by atoms with Crippen LogP contribution in [0, 0.1) is 17.3 Å². The van der Waals surface area contributed by atoms with Gasteiger partial charge in [0.25, 0.3) is 0 Å². The van der Waals surface area contributed by atoms with Crippen LogP contribution in [0.15, 0.2) is 23.3 Å². The van der Waals surface area contributed by atoms with E-state index >= 15 is 0 Å². The Hall–Kier alpha value is -1.05. The molecule has 2 nitrogen and oxygen atoms in total. The van der Waals surface area contributed by atoms with E-state index in [4.69, 9.17) is 0 Å². The second-order valence-electron chi connectivity index (χ2n) is 5.13. The molecule has 0 aromatic carbocycles. The molecule has 0 radical (unpaired) electrons. The van der Waals surface area contributed by atoms with Gasteiger partial charge >= 0.3 is 0 Å². The highest BCUT2D eigenvalue weighted by atomic mass is 16.1. The highest BCUT2D eigenvalue weighted by Gasteiger charge is 2.70. The number of hydrogen-bond donors (Lipinski definition) is 1. The second-order valence-corrected chi connectivity index (χ2v) is 5.13. The van der Waals surface area contributed by atoms with Crippen molar-refractivity contribution in [1.29, 1.82) is 0 Å². The fourth-order valence-electron chi connectivity index (χ4n) is 3.43. The fraction of sp³-hybridized carbons (Fsp3) is 0.615. The van der Waals surface area contributed by atoms with Gasteiger partial charge in [0.1, 0.15) is 0 Å². The Balaban J connectivity index is 1.92. The fourth-order valence-corrected chi connectivity index (χ4v) is 3.43. The van der Waals surface area contributed by atoms with Crippen molar-refractivity contribution in [3.05, 3.63) is 23.3 Å². The minimum Gasteiger partial charge on any atom is -0.353 e. The average molecular weight is 203 g/mol. The van der Waals surface area contributed by atoms with Crippen LogP contribution in [0.2, 0.25) is 0 Å². The Morgan fingerprint density at radius 2 is 2.33 bits per heavy atom. The number of carbonyl (C=O) groups is 1. The SMILES string of the molecule is CCNC(=O)C1=CC=C(C)C2CC13CC23. The number of likely N-dealkylation sites (N-methyl/N-ethyl adjacent to an activating group) is 1. The molecule has 1 N–H and O–H groups in total. The van der Waals surface area contributed by atoms with E-state index in [0.29, 0.717) is 0 Å². The first kappa shape index (κ1) is 9.20. The molecule has 15 heavy (non-hydrogen) atoms. The maximum atomic E-state index is 11.9. The van der Waals surface area contributed by atoms with Gasteiger partial charge in [-0.2, -0.15) is 0 Å². The molecule has 0 aromatic heterocycles. The standard InChI is InChI=1S/C13H17NO/c1-3-14-12(15)10-5-4-8(2)9-6-13(10)7-11(9)13/h4-5,9,11H,3,6-7H2,1-2H3,(H,14,15). The molecular weight excluding hydrogens is 186 g/mol. The van der Waals surface area contributed by atoms with E-state index in [1.54, 1.807) is 0 Å². The third-order valence-electron chi connectivity index (χ3n) is 4.42. The van der Waals surface area contributed by atoms with Gasteiger partial charge in [-0.1, -0.05) is 17.7 Å². The summed E-state index contributed by atoms with van der Waals surface area (Å²) in [4.78, 5) is 11.9. The van der Waals surface area contributed by atoms with Gasteiger partial charge in [-0.05, 0) is 38.5 Å². The molecule has 2 bridgehead atoms. The zero-order valence-corrected chi connectivity index (χ0v) is 9.34. The van der Waals surface area contributed by atoms with Crippen LogP contribution in [0.3, 0.4) is 0 Å². The molecule has 1 amide bonds. The van der Waals surface area contributed by atoms with Crippen LogP contribution in [0.4, 0.5) is 0 Å². The lowest BCUT2D eigenvalue weighted by molar-refractivity contribution is -0.118. The van der Waals surface area contributed by atoms with Crippen molar-refractivity contribution in [2.75, 3.05) is 6.54 Å². The molecule has 2 heteroatoms. The van der Waals surface area contributed by atoms with Crippen molar-refractivity contribution in [3.8, 4) is 0 Å². The largest absolute Gasteiger partial charge is 0.353 e. The number of nitrogens with one attached hydrogen (secondary N) is 1. The van der Waals surface area contributed by atoms with E-state index in [2.05, 4.69) is 24.4 Å². The maximum Gasteiger partial charge on any atom is 0.247 e. The Morgan fingerprint density at radius 1 is 1.53 bits per heavy atom.